The van der Waals surface area contributed by atoms with E-state index < -0.39 is 5.63 Å². The molecule has 0 spiro atoms. The summed E-state index contributed by atoms with van der Waals surface area (Å²) in [7, 11) is 0. The van der Waals surface area contributed by atoms with Crippen LogP contribution in [0.4, 0.5) is 0 Å². The van der Waals surface area contributed by atoms with Gasteiger partial charge in [0, 0.05) is 22.4 Å². The summed E-state index contributed by atoms with van der Waals surface area (Å²) >= 11 is 7.79. The number of benzene rings is 1. The number of hydrogen-bond acceptors (Lipinski definition) is 5. The van der Waals surface area contributed by atoms with E-state index in [1.54, 1.807) is 24.3 Å². The molecular formula is C18H16ClNO4S. The number of amides is 1. The molecule has 3 rings (SSSR count). The molecule has 0 aliphatic carbocycles. The van der Waals surface area contributed by atoms with Gasteiger partial charge in [-0.05, 0) is 36.9 Å². The number of fused-ring (bicyclic) bond motifs is 1. The van der Waals surface area contributed by atoms with Gasteiger partial charge in [0.15, 0.2) is 6.61 Å². The van der Waals surface area contributed by atoms with Gasteiger partial charge in [-0.3, -0.25) is 4.79 Å². The number of rotatable bonds is 5. The van der Waals surface area contributed by atoms with Gasteiger partial charge in [-0.1, -0.05) is 17.7 Å². The highest BCUT2D eigenvalue weighted by molar-refractivity contribution is 7.10. The van der Waals surface area contributed by atoms with E-state index in [0.717, 1.165) is 15.8 Å². The van der Waals surface area contributed by atoms with Crippen LogP contribution in [0.3, 0.4) is 0 Å². The van der Waals surface area contributed by atoms with Crippen molar-refractivity contribution in [1.29, 1.82) is 0 Å². The number of carbonyl (C=O) groups excluding carboxylic acids is 1. The number of carbonyl (C=O) groups is 1. The molecule has 1 amide bonds. The van der Waals surface area contributed by atoms with E-state index >= 15 is 0 Å². The lowest BCUT2D eigenvalue weighted by Gasteiger charge is -2.13. The molecule has 25 heavy (non-hydrogen) atoms. The second-order valence-electron chi connectivity index (χ2n) is 5.62. The van der Waals surface area contributed by atoms with Crippen LogP contribution in [0.15, 0.2) is 44.9 Å². The van der Waals surface area contributed by atoms with Crippen molar-refractivity contribution in [2.24, 2.45) is 0 Å². The zero-order valence-corrected chi connectivity index (χ0v) is 15.2. The van der Waals surface area contributed by atoms with Crippen LogP contribution >= 0.6 is 22.9 Å². The number of nitrogens with one attached hydrogen (secondary N) is 1. The molecule has 1 N–H and O–H groups in total. The van der Waals surface area contributed by atoms with Crippen molar-refractivity contribution in [1.82, 2.24) is 5.32 Å². The second-order valence-corrected chi connectivity index (χ2v) is 7.01. The van der Waals surface area contributed by atoms with Crippen molar-refractivity contribution >= 4 is 39.8 Å². The summed E-state index contributed by atoms with van der Waals surface area (Å²) in [4.78, 5) is 24.6. The fourth-order valence-corrected chi connectivity index (χ4v) is 3.42. The van der Waals surface area contributed by atoms with Crippen LogP contribution in [0.2, 0.25) is 5.02 Å². The molecule has 130 valence electrons. The highest BCUT2D eigenvalue weighted by atomic mass is 35.5. The van der Waals surface area contributed by atoms with Crippen molar-refractivity contribution in [3.63, 3.8) is 0 Å². The number of hydrogen-bond donors (Lipinski definition) is 1. The monoisotopic (exact) mass is 377 g/mol. The molecule has 0 aliphatic rings. The van der Waals surface area contributed by atoms with E-state index in [2.05, 4.69) is 5.32 Å². The first-order chi connectivity index (χ1) is 11.9. The third-order valence-corrected chi connectivity index (χ3v) is 5.06. The second kappa shape index (κ2) is 7.29. The molecule has 2 heterocycles. The van der Waals surface area contributed by atoms with Crippen LogP contribution < -0.4 is 15.7 Å². The standard InChI is InChI=1S/C18H16ClNO4S/c1-10-6-18(22)24-14-8-15(13(19)7-12(10)14)23-9-17(21)20-11(2)16-4-3-5-25-16/h3-8,11H,9H2,1-2H3,(H,20,21). The molecule has 1 aromatic carbocycles. The maximum Gasteiger partial charge on any atom is 0.336 e. The van der Waals surface area contributed by atoms with Crippen molar-refractivity contribution in [3.05, 3.63) is 61.6 Å². The van der Waals surface area contributed by atoms with Gasteiger partial charge < -0.3 is 14.5 Å². The smallest absolute Gasteiger partial charge is 0.336 e. The van der Waals surface area contributed by atoms with Crippen LogP contribution in [-0.2, 0) is 4.79 Å². The summed E-state index contributed by atoms with van der Waals surface area (Å²) in [6.07, 6.45) is 0. The zero-order valence-electron chi connectivity index (χ0n) is 13.7. The maximum absolute atomic E-state index is 12.1. The van der Waals surface area contributed by atoms with E-state index in [-0.39, 0.29) is 18.6 Å². The SMILES string of the molecule is Cc1cc(=O)oc2cc(OCC(=O)NC(C)c3cccs3)c(Cl)cc12. The first kappa shape index (κ1) is 17.5. The summed E-state index contributed by atoms with van der Waals surface area (Å²) in [5.74, 6) is 0.0320. The van der Waals surface area contributed by atoms with Crippen LogP contribution in [0.1, 0.15) is 23.4 Å². The van der Waals surface area contributed by atoms with Crippen LogP contribution in [0.25, 0.3) is 11.0 Å². The van der Waals surface area contributed by atoms with Gasteiger partial charge in [0.05, 0.1) is 11.1 Å². The van der Waals surface area contributed by atoms with Gasteiger partial charge in [0.2, 0.25) is 0 Å². The predicted octanol–water partition coefficient (Wildman–Crippen LogP) is 4.07. The molecule has 7 heteroatoms. The first-order valence-electron chi connectivity index (χ1n) is 7.63. The molecular weight excluding hydrogens is 362 g/mol. The van der Waals surface area contributed by atoms with Crippen molar-refractivity contribution in [2.75, 3.05) is 6.61 Å². The number of halogens is 1. The molecule has 3 aromatic rings. The van der Waals surface area contributed by atoms with E-state index in [1.807, 2.05) is 24.4 Å². The molecule has 0 fully saturated rings. The Labute approximate surface area is 153 Å². The van der Waals surface area contributed by atoms with Crippen molar-refractivity contribution in [3.8, 4) is 5.75 Å². The highest BCUT2D eigenvalue weighted by Crippen LogP contribution is 2.31. The Hall–Kier alpha value is -2.31. The average Bonchev–Trinajstić information content (AvgIpc) is 3.08. The fourth-order valence-electron chi connectivity index (χ4n) is 2.47. The minimum atomic E-state index is -0.444. The van der Waals surface area contributed by atoms with Gasteiger partial charge in [0.1, 0.15) is 11.3 Å². The quantitative estimate of drug-likeness (QED) is 0.680. The van der Waals surface area contributed by atoms with Gasteiger partial charge in [0.25, 0.3) is 5.91 Å². The molecule has 0 radical (unpaired) electrons. The molecule has 0 saturated heterocycles. The molecule has 1 unspecified atom stereocenters. The first-order valence-corrected chi connectivity index (χ1v) is 8.89. The largest absolute Gasteiger partial charge is 0.482 e. The lowest BCUT2D eigenvalue weighted by molar-refractivity contribution is -0.123. The minimum absolute atomic E-state index is 0.0937. The molecule has 0 bridgehead atoms. The molecule has 2 aromatic heterocycles. The van der Waals surface area contributed by atoms with Gasteiger partial charge >= 0.3 is 5.63 Å². The molecule has 0 saturated carbocycles. The predicted molar refractivity (Wildman–Crippen MR) is 98.6 cm³/mol. The Morgan fingerprint density at radius 1 is 1.40 bits per heavy atom. The normalized spacial score (nSPS) is 12.1. The topological polar surface area (TPSA) is 68.5 Å². The van der Waals surface area contributed by atoms with Crippen molar-refractivity contribution < 1.29 is 13.9 Å². The number of thiophene rings is 1. The lowest BCUT2D eigenvalue weighted by atomic mass is 10.1. The highest BCUT2D eigenvalue weighted by Gasteiger charge is 2.13. The third kappa shape index (κ3) is 4.03. The maximum atomic E-state index is 12.1. The summed E-state index contributed by atoms with van der Waals surface area (Å²) in [6.45, 7) is 3.52. The summed E-state index contributed by atoms with van der Waals surface area (Å²) < 4.78 is 10.7. The lowest BCUT2D eigenvalue weighted by Crippen LogP contribution is -2.30. The van der Waals surface area contributed by atoms with Gasteiger partial charge in [-0.2, -0.15) is 0 Å². The number of ether oxygens (including phenoxy) is 1. The van der Waals surface area contributed by atoms with E-state index in [0.29, 0.717) is 16.4 Å². The van der Waals surface area contributed by atoms with Crippen molar-refractivity contribution in [2.45, 2.75) is 19.9 Å². The van der Waals surface area contributed by atoms with Crippen LogP contribution in [0, 0.1) is 6.92 Å². The third-order valence-electron chi connectivity index (χ3n) is 3.71. The summed E-state index contributed by atoms with van der Waals surface area (Å²) in [6, 6.07) is 8.39. The Morgan fingerprint density at radius 3 is 2.92 bits per heavy atom. The van der Waals surface area contributed by atoms with E-state index in [9.17, 15) is 9.59 Å². The van der Waals surface area contributed by atoms with Crippen LogP contribution in [0.5, 0.6) is 5.75 Å². The Balaban J connectivity index is 1.71. The molecule has 5 nitrogen and oxygen atoms in total. The Kier molecular flexibility index (Phi) is 5.11. The minimum Gasteiger partial charge on any atom is -0.482 e. The Bertz CT molecular complexity index is 965. The fraction of sp³-hybridized carbons (Fsp3) is 0.222. The van der Waals surface area contributed by atoms with Gasteiger partial charge in [-0.25, -0.2) is 4.79 Å². The average molecular weight is 378 g/mol. The summed E-state index contributed by atoms with van der Waals surface area (Å²) in [5, 5.41) is 5.89. The van der Waals surface area contributed by atoms with Gasteiger partial charge in [-0.15, -0.1) is 11.3 Å². The van der Waals surface area contributed by atoms with E-state index in [4.69, 9.17) is 20.8 Å². The van der Waals surface area contributed by atoms with E-state index in [1.165, 1.54) is 12.1 Å². The molecule has 1 atom stereocenters. The Morgan fingerprint density at radius 2 is 2.20 bits per heavy atom. The number of aryl methyl sites for hydroxylation is 1. The summed E-state index contributed by atoms with van der Waals surface area (Å²) in [5.41, 5.74) is 0.694. The molecule has 0 aliphatic heterocycles. The zero-order chi connectivity index (χ0) is 18.0. The van der Waals surface area contributed by atoms with Crippen LogP contribution in [-0.4, -0.2) is 12.5 Å².